The molecule has 0 aromatic heterocycles. The number of aryl methyl sites for hydroxylation is 1. The fraction of sp³-hybridized carbons (Fsp3) is 0.318. The first kappa shape index (κ1) is 19.6. The van der Waals surface area contributed by atoms with E-state index in [2.05, 4.69) is 5.32 Å². The molecule has 28 heavy (non-hydrogen) atoms. The highest BCUT2D eigenvalue weighted by molar-refractivity contribution is 6.03. The van der Waals surface area contributed by atoms with Crippen molar-refractivity contribution in [3.8, 4) is 0 Å². The molecule has 0 bridgehead atoms. The monoisotopic (exact) mass is 380 g/mol. The van der Waals surface area contributed by atoms with Gasteiger partial charge in [0.15, 0.2) is 0 Å². The molecule has 1 atom stereocenters. The molecule has 2 amide bonds. The molecular formula is C22H24N2O4. The van der Waals surface area contributed by atoms with Gasteiger partial charge in [-0.05, 0) is 43.7 Å². The molecule has 2 aromatic rings. The van der Waals surface area contributed by atoms with Crippen LogP contribution in [-0.4, -0.2) is 30.9 Å². The summed E-state index contributed by atoms with van der Waals surface area (Å²) in [5.41, 5.74) is 2.81. The van der Waals surface area contributed by atoms with Crippen LogP contribution in [0.1, 0.15) is 35.7 Å². The largest absolute Gasteiger partial charge is 0.462 e. The Morgan fingerprint density at radius 2 is 1.93 bits per heavy atom. The normalized spacial score (nSPS) is 16.1. The number of nitrogens with one attached hydrogen (secondary N) is 1. The Hall–Kier alpha value is -3.15. The zero-order valence-electron chi connectivity index (χ0n) is 16.1. The number of rotatable bonds is 6. The van der Waals surface area contributed by atoms with Crippen LogP contribution in [0.3, 0.4) is 0 Å². The van der Waals surface area contributed by atoms with Crippen molar-refractivity contribution >= 4 is 29.2 Å². The van der Waals surface area contributed by atoms with Crippen molar-refractivity contribution in [2.24, 2.45) is 5.92 Å². The summed E-state index contributed by atoms with van der Waals surface area (Å²) in [4.78, 5) is 38.6. The number of hydrogen-bond acceptors (Lipinski definition) is 4. The Morgan fingerprint density at radius 1 is 1.18 bits per heavy atom. The summed E-state index contributed by atoms with van der Waals surface area (Å²) in [5, 5.41) is 2.81. The second kappa shape index (κ2) is 8.69. The molecule has 1 aliphatic heterocycles. The molecule has 1 fully saturated rings. The Bertz CT molecular complexity index is 876. The van der Waals surface area contributed by atoms with Gasteiger partial charge in [-0.25, -0.2) is 4.79 Å². The highest BCUT2D eigenvalue weighted by atomic mass is 16.5. The lowest BCUT2D eigenvalue weighted by molar-refractivity contribution is -0.122. The van der Waals surface area contributed by atoms with E-state index < -0.39 is 11.9 Å². The number of hydrogen-bond donors (Lipinski definition) is 1. The van der Waals surface area contributed by atoms with Crippen LogP contribution in [-0.2, 0) is 14.3 Å². The van der Waals surface area contributed by atoms with Gasteiger partial charge >= 0.3 is 5.97 Å². The van der Waals surface area contributed by atoms with E-state index in [1.54, 1.807) is 29.2 Å². The topological polar surface area (TPSA) is 75.7 Å². The van der Waals surface area contributed by atoms with Crippen molar-refractivity contribution in [2.75, 3.05) is 23.4 Å². The van der Waals surface area contributed by atoms with Crippen molar-refractivity contribution in [2.45, 2.75) is 26.7 Å². The van der Waals surface area contributed by atoms with Crippen LogP contribution in [0.25, 0.3) is 0 Å². The number of nitrogens with zero attached hydrogens (tertiary/aromatic N) is 1. The lowest BCUT2D eigenvalue weighted by atomic mass is 10.1. The van der Waals surface area contributed by atoms with Crippen LogP contribution in [0.2, 0.25) is 0 Å². The lowest BCUT2D eigenvalue weighted by Gasteiger charge is -2.17. The van der Waals surface area contributed by atoms with Gasteiger partial charge in [0.2, 0.25) is 11.8 Å². The van der Waals surface area contributed by atoms with Crippen LogP contribution in [0.4, 0.5) is 11.4 Å². The van der Waals surface area contributed by atoms with Gasteiger partial charge in [-0.15, -0.1) is 0 Å². The average Bonchev–Trinajstić information content (AvgIpc) is 3.09. The third-order valence-electron chi connectivity index (χ3n) is 4.64. The van der Waals surface area contributed by atoms with Crippen LogP contribution in [0.15, 0.2) is 48.5 Å². The van der Waals surface area contributed by atoms with Crippen molar-refractivity contribution in [1.29, 1.82) is 0 Å². The molecule has 0 spiro atoms. The van der Waals surface area contributed by atoms with Crippen LogP contribution < -0.4 is 10.2 Å². The van der Waals surface area contributed by atoms with Gasteiger partial charge in [0.05, 0.1) is 18.1 Å². The van der Waals surface area contributed by atoms with E-state index >= 15 is 0 Å². The number of amides is 2. The minimum atomic E-state index is -0.440. The van der Waals surface area contributed by atoms with Crippen LogP contribution in [0.5, 0.6) is 0 Å². The maximum Gasteiger partial charge on any atom is 0.338 e. The summed E-state index contributed by atoms with van der Waals surface area (Å²) in [6, 6.07) is 14.3. The van der Waals surface area contributed by atoms with Gasteiger partial charge in [0.1, 0.15) is 0 Å². The third kappa shape index (κ3) is 4.57. The molecular weight excluding hydrogens is 356 g/mol. The Morgan fingerprint density at radius 3 is 2.64 bits per heavy atom. The van der Waals surface area contributed by atoms with E-state index in [0.717, 1.165) is 17.7 Å². The summed E-state index contributed by atoms with van der Waals surface area (Å²) >= 11 is 0. The Balaban J connectivity index is 1.64. The summed E-state index contributed by atoms with van der Waals surface area (Å²) in [6.07, 6.45) is 0.910. The molecule has 0 saturated carbocycles. The summed E-state index contributed by atoms with van der Waals surface area (Å²) < 4.78 is 5.12. The zero-order chi connectivity index (χ0) is 20.1. The minimum absolute atomic E-state index is 0.0686. The van der Waals surface area contributed by atoms with Gasteiger partial charge in [0.25, 0.3) is 0 Å². The number of benzene rings is 2. The van der Waals surface area contributed by atoms with E-state index in [4.69, 9.17) is 4.74 Å². The lowest BCUT2D eigenvalue weighted by Crippen LogP contribution is -2.28. The zero-order valence-corrected chi connectivity index (χ0v) is 16.1. The van der Waals surface area contributed by atoms with Gasteiger partial charge in [-0.3, -0.25) is 9.59 Å². The van der Waals surface area contributed by atoms with Gasteiger partial charge in [0, 0.05) is 24.3 Å². The smallest absolute Gasteiger partial charge is 0.338 e. The van der Waals surface area contributed by atoms with Crippen molar-refractivity contribution in [1.82, 2.24) is 0 Å². The van der Waals surface area contributed by atoms with Gasteiger partial charge in [-0.2, -0.15) is 0 Å². The number of anilines is 2. The summed E-state index contributed by atoms with van der Waals surface area (Å²) in [6.45, 7) is 4.60. The fourth-order valence-electron chi connectivity index (χ4n) is 3.10. The average molecular weight is 380 g/mol. The van der Waals surface area contributed by atoms with Crippen LogP contribution in [0, 0.1) is 12.8 Å². The number of carbonyl (C=O) groups is 3. The molecule has 1 saturated heterocycles. The molecule has 6 nitrogen and oxygen atoms in total. The Kier molecular flexibility index (Phi) is 6.09. The predicted octanol–water partition coefficient (Wildman–Crippen LogP) is 3.55. The molecule has 3 rings (SSSR count). The van der Waals surface area contributed by atoms with Crippen molar-refractivity contribution in [3.63, 3.8) is 0 Å². The van der Waals surface area contributed by atoms with E-state index in [0.29, 0.717) is 24.4 Å². The van der Waals surface area contributed by atoms with Gasteiger partial charge < -0.3 is 15.0 Å². The van der Waals surface area contributed by atoms with E-state index in [9.17, 15) is 14.4 Å². The molecule has 146 valence electrons. The maximum atomic E-state index is 12.6. The highest BCUT2D eigenvalue weighted by Gasteiger charge is 2.35. The third-order valence-corrected chi connectivity index (χ3v) is 4.64. The SMILES string of the molecule is CCCOC(=O)c1cccc(NC(=O)C2CC(=O)N(c3ccc(C)cc3)C2)c1. The quantitative estimate of drug-likeness (QED) is 0.778. The molecule has 0 radical (unpaired) electrons. The fourth-order valence-corrected chi connectivity index (χ4v) is 3.10. The van der Waals surface area contributed by atoms with E-state index in [1.165, 1.54) is 0 Å². The molecule has 1 aliphatic rings. The van der Waals surface area contributed by atoms with Crippen molar-refractivity contribution < 1.29 is 19.1 Å². The number of ether oxygens (including phenoxy) is 1. The first-order valence-electron chi connectivity index (χ1n) is 9.43. The number of esters is 1. The summed E-state index contributed by atoms with van der Waals surface area (Å²) in [5.74, 6) is -1.16. The maximum absolute atomic E-state index is 12.6. The van der Waals surface area contributed by atoms with E-state index in [1.807, 2.05) is 38.1 Å². The second-order valence-electron chi connectivity index (χ2n) is 6.95. The molecule has 1 N–H and O–H groups in total. The molecule has 0 aliphatic carbocycles. The van der Waals surface area contributed by atoms with E-state index in [-0.39, 0.29) is 18.2 Å². The molecule has 6 heteroatoms. The molecule has 1 unspecified atom stereocenters. The molecule has 1 heterocycles. The first-order chi connectivity index (χ1) is 13.5. The standard InChI is InChI=1S/C22H24N2O4/c1-3-11-28-22(27)16-5-4-6-18(12-16)23-21(26)17-13-20(25)24(14-17)19-9-7-15(2)8-10-19/h4-10,12,17H,3,11,13-14H2,1-2H3,(H,23,26). The predicted molar refractivity (Wildman–Crippen MR) is 107 cm³/mol. The summed E-state index contributed by atoms with van der Waals surface area (Å²) in [7, 11) is 0. The highest BCUT2D eigenvalue weighted by Crippen LogP contribution is 2.26. The van der Waals surface area contributed by atoms with Gasteiger partial charge in [-0.1, -0.05) is 30.7 Å². The second-order valence-corrected chi connectivity index (χ2v) is 6.95. The Labute approximate surface area is 164 Å². The minimum Gasteiger partial charge on any atom is -0.462 e. The van der Waals surface area contributed by atoms with Crippen molar-refractivity contribution in [3.05, 3.63) is 59.7 Å². The first-order valence-corrected chi connectivity index (χ1v) is 9.43. The van der Waals surface area contributed by atoms with Crippen LogP contribution >= 0.6 is 0 Å². The molecule has 2 aromatic carbocycles. The number of carbonyl (C=O) groups excluding carboxylic acids is 3.